The lowest BCUT2D eigenvalue weighted by Gasteiger charge is -2.59. The highest BCUT2D eigenvalue weighted by atomic mass is 35.5. The largest absolute Gasteiger partial charge is 0.442 e. The van der Waals surface area contributed by atoms with Crippen LogP contribution >= 0.6 is 23.2 Å². The maximum absolute atomic E-state index is 14.4. The Balaban J connectivity index is 0.562. The van der Waals surface area contributed by atoms with E-state index < -0.39 is 81.9 Å². The Morgan fingerprint density at radius 3 is 1.40 bits per heavy atom. The maximum Gasteiger partial charge on any atom is 0.419 e. The molecule has 4 fully saturated rings. The number of unbranched alkanes of at least 4 members (excludes halogenated alkanes) is 7. The fourth-order valence-corrected chi connectivity index (χ4v) is 14.2. The SMILES string of the molecule is NC(OC(=O)CCCCCCCCCCC(=O)NCc1ccc(C2N(c3ccc(F)c(Cl)c3)C(=O)C23CCN(c2nc4cc(F)c(C(F)(F)F)cc4[nH]2)CC3)cc1)c1ccc(C2N(c3ccc(F)c(Cl)c3)C(=O)C23CCN(c2nc4cc(F)c(C(F)(F)F)cc4[nH]2)CC3)cc1. The van der Waals surface area contributed by atoms with Crippen LogP contribution in [0.15, 0.2) is 109 Å². The molecule has 4 aliphatic rings. The van der Waals surface area contributed by atoms with Crippen LogP contribution in [0.1, 0.15) is 142 Å². The molecule has 3 amide bonds. The summed E-state index contributed by atoms with van der Waals surface area (Å²) < 4.78 is 144. The number of ether oxygens (including phenoxy) is 1. The van der Waals surface area contributed by atoms with Gasteiger partial charge in [0.1, 0.15) is 23.3 Å². The number of anilines is 4. The van der Waals surface area contributed by atoms with Gasteiger partial charge in [-0.2, -0.15) is 26.3 Å². The van der Waals surface area contributed by atoms with Crippen LogP contribution in [0.4, 0.5) is 67.2 Å². The minimum Gasteiger partial charge on any atom is -0.442 e. The molecule has 8 aromatic rings. The number of halogens is 12. The van der Waals surface area contributed by atoms with Gasteiger partial charge in [0, 0.05) is 74.6 Å². The van der Waals surface area contributed by atoms with Crippen LogP contribution in [0.2, 0.25) is 10.0 Å². The Morgan fingerprint density at radius 1 is 0.568 bits per heavy atom. The summed E-state index contributed by atoms with van der Waals surface area (Å²) in [6.07, 6.45) is -2.34. The van der Waals surface area contributed by atoms with E-state index in [4.69, 9.17) is 33.7 Å². The number of hydrogen-bond acceptors (Lipinski definition) is 10. The van der Waals surface area contributed by atoms with E-state index in [0.29, 0.717) is 87.1 Å². The first-order valence-electron chi connectivity index (χ1n) is 31.3. The number of imidazole rings is 2. The second-order valence-corrected chi connectivity index (χ2v) is 25.7. The average Bonchev–Trinajstić information content (AvgIpc) is 1.45. The van der Waals surface area contributed by atoms with Gasteiger partial charge in [0.05, 0.1) is 66.2 Å². The van der Waals surface area contributed by atoms with Gasteiger partial charge >= 0.3 is 18.3 Å². The van der Waals surface area contributed by atoms with E-state index in [-0.39, 0.29) is 87.8 Å². The van der Waals surface area contributed by atoms with E-state index in [1.165, 1.54) is 36.4 Å². The number of β-lactam (4-membered cyclic amide) rings is 2. The number of aromatic nitrogens is 4. The third-order valence-electron chi connectivity index (χ3n) is 19.0. The van der Waals surface area contributed by atoms with Gasteiger partial charge in [-0.15, -0.1) is 0 Å². The Morgan fingerprint density at radius 2 is 0.979 bits per heavy atom. The smallest absolute Gasteiger partial charge is 0.419 e. The summed E-state index contributed by atoms with van der Waals surface area (Å²) >= 11 is 12.4. The number of hydrogen-bond donors (Lipinski definition) is 4. The number of carbonyl (C=O) groups is 4. The van der Waals surface area contributed by atoms with Crippen LogP contribution < -0.4 is 30.7 Å². The zero-order valence-electron chi connectivity index (χ0n) is 50.9. The third kappa shape index (κ3) is 13.4. The van der Waals surface area contributed by atoms with E-state index in [1.807, 2.05) is 29.2 Å². The molecule has 2 spiro atoms. The van der Waals surface area contributed by atoms with Crippen LogP contribution in [0.25, 0.3) is 22.1 Å². The summed E-state index contributed by atoms with van der Waals surface area (Å²) in [5, 5.41) is 2.67. The minimum atomic E-state index is -4.90. The molecular formula is C68H64Cl2F10N10O5. The van der Waals surface area contributed by atoms with Crippen molar-refractivity contribution >= 4 is 92.2 Å². The molecule has 2 aromatic heterocycles. The quantitative estimate of drug-likeness (QED) is 0.0177. The first kappa shape index (κ1) is 66.6. The van der Waals surface area contributed by atoms with E-state index in [1.54, 1.807) is 39.0 Å². The molecule has 4 aliphatic heterocycles. The topological polar surface area (TPSA) is 186 Å². The number of rotatable bonds is 21. The zero-order valence-corrected chi connectivity index (χ0v) is 52.4. The number of H-pyrrole nitrogens is 2. The molecule has 0 saturated carbocycles. The Labute approximate surface area is 548 Å². The summed E-state index contributed by atoms with van der Waals surface area (Å²) in [6, 6.07) is 24.5. The molecule has 95 heavy (non-hydrogen) atoms. The number of amides is 3. The van der Waals surface area contributed by atoms with E-state index in [2.05, 4.69) is 25.3 Å². The number of esters is 1. The number of fused-ring (bicyclic) bond motifs is 2. The highest BCUT2D eigenvalue weighted by molar-refractivity contribution is 6.31. The second-order valence-electron chi connectivity index (χ2n) is 24.9. The molecule has 0 bridgehead atoms. The van der Waals surface area contributed by atoms with Gasteiger partial charge in [0.25, 0.3) is 0 Å². The van der Waals surface area contributed by atoms with Gasteiger partial charge in [0.2, 0.25) is 29.6 Å². The number of benzene rings is 6. The predicted octanol–water partition coefficient (Wildman–Crippen LogP) is 15.8. The molecule has 4 saturated heterocycles. The average molecular weight is 1360 g/mol. The van der Waals surface area contributed by atoms with Crippen LogP contribution in [-0.2, 0) is 42.8 Å². The molecule has 3 atom stereocenters. The van der Waals surface area contributed by atoms with Gasteiger partial charge in [-0.3, -0.25) is 24.9 Å². The minimum absolute atomic E-state index is 0.0108. The van der Waals surface area contributed by atoms with Crippen molar-refractivity contribution in [2.45, 2.75) is 127 Å². The molecule has 5 N–H and O–H groups in total. The predicted molar refractivity (Wildman–Crippen MR) is 337 cm³/mol. The van der Waals surface area contributed by atoms with Gasteiger partial charge in [-0.25, -0.2) is 27.5 Å². The van der Waals surface area contributed by atoms with E-state index >= 15 is 0 Å². The third-order valence-corrected chi connectivity index (χ3v) is 19.6. The van der Waals surface area contributed by atoms with Gasteiger partial charge in [-0.1, -0.05) is 110 Å². The number of carbonyl (C=O) groups excluding carboxylic acids is 4. The number of nitrogens with one attached hydrogen (secondary N) is 3. The highest BCUT2D eigenvalue weighted by Crippen LogP contribution is 2.60. The first-order valence-corrected chi connectivity index (χ1v) is 32.1. The maximum atomic E-state index is 14.4. The van der Waals surface area contributed by atoms with Crippen LogP contribution in [-0.4, -0.2) is 69.8 Å². The van der Waals surface area contributed by atoms with Gasteiger partial charge < -0.3 is 39.6 Å². The van der Waals surface area contributed by atoms with Crippen LogP contribution in [0.3, 0.4) is 0 Å². The molecule has 0 aliphatic carbocycles. The van der Waals surface area contributed by atoms with E-state index in [0.717, 1.165) is 67.3 Å². The van der Waals surface area contributed by atoms with Crippen molar-refractivity contribution in [3.63, 3.8) is 0 Å². The molecule has 27 heteroatoms. The number of alkyl halides is 6. The Bertz CT molecular complexity index is 4210. The van der Waals surface area contributed by atoms with Crippen LogP contribution in [0.5, 0.6) is 0 Å². The van der Waals surface area contributed by atoms with Crippen molar-refractivity contribution in [2.24, 2.45) is 16.6 Å². The molecule has 6 heterocycles. The molecule has 12 rings (SSSR count). The zero-order chi connectivity index (χ0) is 67.3. The molecule has 15 nitrogen and oxygen atoms in total. The van der Waals surface area contributed by atoms with Crippen molar-refractivity contribution in [2.75, 3.05) is 45.8 Å². The summed E-state index contributed by atoms with van der Waals surface area (Å²) in [7, 11) is 0. The van der Waals surface area contributed by atoms with Crippen molar-refractivity contribution in [1.82, 2.24) is 25.3 Å². The summed E-state index contributed by atoms with van der Waals surface area (Å²) in [4.78, 5) is 75.6. The molecule has 0 radical (unpaired) electrons. The molecule has 3 unspecified atom stereocenters. The summed E-state index contributed by atoms with van der Waals surface area (Å²) in [5.74, 6) is -4.65. The number of piperidine rings is 2. The molecule has 6 aromatic carbocycles. The van der Waals surface area contributed by atoms with Crippen LogP contribution in [0, 0.1) is 34.1 Å². The fourth-order valence-electron chi connectivity index (χ4n) is 13.9. The van der Waals surface area contributed by atoms with E-state index in [9.17, 15) is 63.1 Å². The monoisotopic (exact) mass is 1360 g/mol. The summed E-state index contributed by atoms with van der Waals surface area (Å²) in [5.41, 5.74) is 5.46. The van der Waals surface area contributed by atoms with Crippen molar-refractivity contribution in [3.05, 3.63) is 176 Å². The normalized spacial score (nSPS) is 18.2. The lowest BCUT2D eigenvalue weighted by atomic mass is 9.62. The number of nitrogens with two attached hydrogens (primary N) is 1. The number of nitrogens with zero attached hydrogens (tertiary/aromatic N) is 6. The Kier molecular flexibility index (Phi) is 18.7. The number of aromatic amines is 2. The lowest BCUT2D eigenvalue weighted by molar-refractivity contribution is -0.149. The standard InChI is InChI=1S/C68H64Cl2F10N10O5/c69-46-31-42(19-21-48(46)71)89-58(65(61(89)93)23-27-87(28-24-65)63-83-52-33-44(67(75,76)77)50(73)35-54(52)85-63)39-13-11-38(12-14-39)37-82-56(91)9-7-5-3-1-2-4-6-8-10-57(92)95-60(81)41-17-15-40(16-18-41)59-66(62(94)90(59)43-20-22-49(72)47(70)32-43)25-29-88(30-26-66)64-84-53-34-45(68(78,79)80)51(74)36-55(53)86-64/h11-22,31-36,58-60H,1-10,23-30,37,81H2,(H,82,91)(H,83,85)(H,84,86). The Hall–Kier alpha value is -8.42. The second kappa shape index (κ2) is 26.6. The van der Waals surface area contributed by atoms with Crippen molar-refractivity contribution < 1.29 is 67.8 Å². The lowest BCUT2D eigenvalue weighted by Crippen LogP contribution is -2.66. The fraction of sp³-hybridized carbons (Fsp3) is 0.382. The molecule has 500 valence electrons. The first-order chi connectivity index (χ1) is 45.3. The van der Waals surface area contributed by atoms with Crippen molar-refractivity contribution in [1.29, 1.82) is 0 Å². The van der Waals surface area contributed by atoms with Crippen molar-refractivity contribution in [3.8, 4) is 0 Å². The molecular weight excluding hydrogens is 1300 g/mol. The van der Waals surface area contributed by atoms with Gasteiger partial charge in [-0.05, 0) is 104 Å². The highest BCUT2D eigenvalue weighted by Gasteiger charge is 2.63. The van der Waals surface area contributed by atoms with Gasteiger partial charge in [0.15, 0.2) is 6.23 Å². The summed E-state index contributed by atoms with van der Waals surface area (Å²) in [6.45, 7) is 1.43.